The zero-order chi connectivity index (χ0) is 13.6. The summed E-state index contributed by atoms with van der Waals surface area (Å²) in [6.07, 6.45) is 1.58. The quantitative estimate of drug-likeness (QED) is 0.784. The lowest BCUT2D eigenvalue weighted by Gasteiger charge is -2.46. The second-order valence-electron chi connectivity index (χ2n) is 5.85. The topological polar surface area (TPSA) is 38.7 Å². The number of hydrogen-bond acceptors (Lipinski definition) is 3. The fraction of sp³-hybridized carbons (Fsp3) is 0.600. The van der Waals surface area contributed by atoms with Gasteiger partial charge < -0.3 is 14.6 Å². The second kappa shape index (κ2) is 4.46. The Kier molecular flexibility index (Phi) is 3.02. The highest BCUT2D eigenvalue weighted by molar-refractivity contribution is 5.38. The average molecular weight is 266 g/mol. The Balaban J connectivity index is 1.95. The minimum Gasteiger partial charge on any atom is -0.486 e. The third-order valence-electron chi connectivity index (χ3n) is 4.01. The summed E-state index contributed by atoms with van der Waals surface area (Å²) in [4.78, 5) is 0. The van der Waals surface area contributed by atoms with Crippen molar-refractivity contribution in [2.75, 3.05) is 0 Å². The number of halogens is 1. The molecule has 2 unspecified atom stereocenters. The van der Waals surface area contributed by atoms with Crippen LogP contribution in [0.25, 0.3) is 0 Å². The minimum atomic E-state index is -0.596. The first kappa shape index (κ1) is 12.9. The smallest absolute Gasteiger partial charge is 0.128 e. The van der Waals surface area contributed by atoms with Gasteiger partial charge in [0, 0.05) is 30.9 Å². The number of aliphatic hydroxyl groups is 1. The lowest BCUT2D eigenvalue weighted by molar-refractivity contribution is -0.140. The fourth-order valence-corrected chi connectivity index (χ4v) is 3.48. The minimum absolute atomic E-state index is 0.0889. The summed E-state index contributed by atoms with van der Waals surface area (Å²) in [7, 11) is 0. The molecule has 0 radical (unpaired) electrons. The molecule has 1 aromatic rings. The Hall–Kier alpha value is -1.13. The van der Waals surface area contributed by atoms with E-state index in [1.54, 1.807) is 6.07 Å². The molecule has 104 valence electrons. The molecule has 2 aliphatic heterocycles. The number of ether oxygens (including phenoxy) is 2. The molecule has 4 heteroatoms. The van der Waals surface area contributed by atoms with Gasteiger partial charge in [-0.25, -0.2) is 4.39 Å². The van der Waals surface area contributed by atoms with Crippen molar-refractivity contribution in [2.24, 2.45) is 0 Å². The normalized spacial score (nSPS) is 37.8. The molecule has 2 aliphatic rings. The van der Waals surface area contributed by atoms with Crippen LogP contribution in [0.5, 0.6) is 5.75 Å². The van der Waals surface area contributed by atoms with E-state index in [9.17, 15) is 9.50 Å². The average Bonchev–Trinajstić information content (AvgIpc) is 2.25. The Morgan fingerprint density at radius 3 is 2.58 bits per heavy atom. The summed E-state index contributed by atoms with van der Waals surface area (Å²) in [5.74, 6) is 0.135. The maximum Gasteiger partial charge on any atom is 0.128 e. The Morgan fingerprint density at radius 2 is 1.89 bits per heavy atom. The van der Waals surface area contributed by atoms with Crippen LogP contribution in [0.1, 0.15) is 44.8 Å². The van der Waals surface area contributed by atoms with E-state index in [2.05, 4.69) is 0 Å². The monoisotopic (exact) mass is 266 g/mol. The Morgan fingerprint density at radius 1 is 1.21 bits per heavy atom. The van der Waals surface area contributed by atoms with Crippen LogP contribution in [-0.2, 0) is 4.74 Å². The molecule has 3 atom stereocenters. The van der Waals surface area contributed by atoms with Crippen molar-refractivity contribution in [2.45, 2.75) is 57.0 Å². The number of benzene rings is 1. The first-order valence-electron chi connectivity index (χ1n) is 6.79. The highest BCUT2D eigenvalue weighted by atomic mass is 19.1. The van der Waals surface area contributed by atoms with E-state index in [-0.39, 0.29) is 18.0 Å². The van der Waals surface area contributed by atoms with Crippen molar-refractivity contribution in [1.29, 1.82) is 0 Å². The summed E-state index contributed by atoms with van der Waals surface area (Å²) in [5.41, 5.74) is 0.246. The van der Waals surface area contributed by atoms with Crippen LogP contribution in [0.2, 0.25) is 0 Å². The van der Waals surface area contributed by atoms with Gasteiger partial charge in [0.25, 0.3) is 0 Å². The summed E-state index contributed by atoms with van der Waals surface area (Å²) >= 11 is 0. The predicted octanol–water partition coefficient (Wildman–Crippen LogP) is 2.97. The number of rotatable bonds is 0. The van der Waals surface area contributed by atoms with Crippen LogP contribution >= 0.6 is 0 Å². The van der Waals surface area contributed by atoms with Gasteiger partial charge in [-0.15, -0.1) is 0 Å². The molecular formula is C15H19FO3. The molecule has 1 fully saturated rings. The molecule has 1 aromatic carbocycles. The molecule has 2 heterocycles. The van der Waals surface area contributed by atoms with E-state index in [1.807, 2.05) is 13.8 Å². The Labute approximate surface area is 112 Å². The molecule has 0 aromatic heterocycles. The largest absolute Gasteiger partial charge is 0.486 e. The maximum absolute atomic E-state index is 13.3. The van der Waals surface area contributed by atoms with Gasteiger partial charge in [0.1, 0.15) is 17.2 Å². The molecule has 0 bridgehead atoms. The first-order valence-corrected chi connectivity index (χ1v) is 6.79. The highest BCUT2D eigenvalue weighted by Crippen LogP contribution is 2.46. The summed E-state index contributed by atoms with van der Waals surface area (Å²) in [6.45, 7) is 4.02. The van der Waals surface area contributed by atoms with Gasteiger partial charge in [0.2, 0.25) is 0 Å². The van der Waals surface area contributed by atoms with E-state index in [0.29, 0.717) is 17.7 Å². The highest BCUT2D eigenvalue weighted by Gasteiger charge is 2.45. The van der Waals surface area contributed by atoms with Crippen molar-refractivity contribution in [1.82, 2.24) is 0 Å². The molecule has 0 aliphatic carbocycles. The third kappa shape index (κ3) is 2.35. The van der Waals surface area contributed by atoms with Gasteiger partial charge in [-0.05, 0) is 26.0 Å². The predicted molar refractivity (Wildman–Crippen MR) is 68.6 cm³/mol. The molecule has 1 spiro atoms. The van der Waals surface area contributed by atoms with Crippen molar-refractivity contribution in [3.05, 3.63) is 29.6 Å². The lowest BCUT2D eigenvalue weighted by atomic mass is 9.79. The second-order valence-corrected chi connectivity index (χ2v) is 5.85. The van der Waals surface area contributed by atoms with Crippen LogP contribution in [-0.4, -0.2) is 22.9 Å². The van der Waals surface area contributed by atoms with Gasteiger partial charge in [0.15, 0.2) is 0 Å². The SMILES string of the molecule is CC1CC2(CC(C)O1)C[C@H](O)c1ccc(F)cc1O2. The lowest BCUT2D eigenvalue weighted by Crippen LogP contribution is -2.50. The number of fused-ring (bicyclic) bond motifs is 1. The van der Waals surface area contributed by atoms with E-state index >= 15 is 0 Å². The van der Waals surface area contributed by atoms with Crippen LogP contribution in [0.4, 0.5) is 4.39 Å². The van der Waals surface area contributed by atoms with E-state index in [1.165, 1.54) is 12.1 Å². The van der Waals surface area contributed by atoms with Gasteiger partial charge in [-0.2, -0.15) is 0 Å². The van der Waals surface area contributed by atoms with Crippen LogP contribution < -0.4 is 4.74 Å². The van der Waals surface area contributed by atoms with E-state index < -0.39 is 11.7 Å². The summed E-state index contributed by atoms with van der Waals surface area (Å²) in [6, 6.07) is 4.33. The first-order chi connectivity index (χ1) is 8.97. The summed E-state index contributed by atoms with van der Waals surface area (Å²) in [5, 5.41) is 10.3. The Bertz CT molecular complexity index is 478. The van der Waals surface area contributed by atoms with E-state index in [4.69, 9.17) is 9.47 Å². The van der Waals surface area contributed by atoms with Gasteiger partial charge in [-0.1, -0.05) is 0 Å². The van der Waals surface area contributed by atoms with Gasteiger partial charge >= 0.3 is 0 Å². The molecule has 3 rings (SSSR count). The van der Waals surface area contributed by atoms with E-state index in [0.717, 1.165) is 12.8 Å². The third-order valence-corrected chi connectivity index (χ3v) is 4.01. The molecule has 0 amide bonds. The summed E-state index contributed by atoms with van der Waals surface area (Å²) < 4.78 is 25.1. The zero-order valence-corrected chi connectivity index (χ0v) is 11.2. The molecule has 1 saturated heterocycles. The molecule has 0 saturated carbocycles. The van der Waals surface area contributed by atoms with Crippen molar-refractivity contribution >= 4 is 0 Å². The van der Waals surface area contributed by atoms with Crippen LogP contribution in [0, 0.1) is 5.82 Å². The van der Waals surface area contributed by atoms with Crippen molar-refractivity contribution in [3.8, 4) is 5.75 Å². The number of hydrogen-bond donors (Lipinski definition) is 1. The van der Waals surface area contributed by atoms with Crippen LogP contribution in [0.15, 0.2) is 18.2 Å². The maximum atomic E-state index is 13.3. The zero-order valence-electron chi connectivity index (χ0n) is 11.2. The molecular weight excluding hydrogens is 247 g/mol. The van der Waals surface area contributed by atoms with Gasteiger partial charge in [-0.3, -0.25) is 0 Å². The molecule has 3 nitrogen and oxygen atoms in total. The van der Waals surface area contributed by atoms with Crippen LogP contribution in [0.3, 0.4) is 0 Å². The van der Waals surface area contributed by atoms with Crippen molar-refractivity contribution in [3.63, 3.8) is 0 Å². The number of aliphatic hydroxyl groups excluding tert-OH is 1. The fourth-order valence-electron chi connectivity index (χ4n) is 3.48. The molecule has 1 N–H and O–H groups in total. The van der Waals surface area contributed by atoms with Crippen molar-refractivity contribution < 1.29 is 19.0 Å². The van der Waals surface area contributed by atoms with Gasteiger partial charge in [0.05, 0.1) is 18.3 Å². The molecule has 19 heavy (non-hydrogen) atoms. The standard InChI is InChI=1S/C15H19FO3/c1-9-6-15(7-10(2)18-9)8-13(17)12-4-3-11(16)5-14(12)19-15/h3-5,9-10,13,17H,6-8H2,1-2H3/t9?,10?,13-,15?/m0/s1.